The number of hydrogen-bond acceptors (Lipinski definition) is 0. The fourth-order valence-electron chi connectivity index (χ4n) is 4.62. The van der Waals surface area contributed by atoms with Gasteiger partial charge in [0, 0.05) is 8.95 Å². The summed E-state index contributed by atoms with van der Waals surface area (Å²) < 4.78 is 2.29. The van der Waals surface area contributed by atoms with E-state index in [1.807, 2.05) is 0 Å². The van der Waals surface area contributed by atoms with E-state index in [9.17, 15) is 0 Å². The predicted molar refractivity (Wildman–Crippen MR) is 128 cm³/mol. The van der Waals surface area contributed by atoms with Gasteiger partial charge in [-0.05, 0) is 62.6 Å². The molecule has 0 atom stereocenters. The lowest BCUT2D eigenvalue weighted by atomic mass is 10.0. The molecule has 0 nitrogen and oxygen atoms in total. The van der Waals surface area contributed by atoms with E-state index in [1.54, 1.807) is 0 Å². The summed E-state index contributed by atoms with van der Waals surface area (Å²) in [6, 6.07) is 35.9. The quantitative estimate of drug-likeness (QED) is 0.310. The van der Waals surface area contributed by atoms with Crippen LogP contribution in [-0.4, -0.2) is 8.07 Å². The van der Waals surface area contributed by atoms with E-state index in [2.05, 4.69) is 129 Å². The summed E-state index contributed by atoms with van der Waals surface area (Å²) in [5, 5.41) is 5.84. The number of benzene rings is 4. The van der Waals surface area contributed by atoms with Crippen molar-refractivity contribution in [2.75, 3.05) is 0 Å². The summed E-state index contributed by atoms with van der Waals surface area (Å²) in [4.78, 5) is 0. The summed E-state index contributed by atoms with van der Waals surface area (Å²) in [5.41, 5.74) is 2.88. The van der Waals surface area contributed by atoms with Crippen LogP contribution in [0.2, 0.25) is 0 Å². The van der Waals surface area contributed by atoms with Gasteiger partial charge >= 0.3 is 0 Å². The van der Waals surface area contributed by atoms with Crippen molar-refractivity contribution in [2.45, 2.75) is 6.42 Å². The third-order valence-corrected chi connectivity index (χ3v) is 11.7. The SMILES string of the molecule is Brc1ccc2c(c1)[Si](c1ccccc1)(c1ccccc1)c1cc(Br)ccc1C2. The van der Waals surface area contributed by atoms with E-state index in [0.717, 1.165) is 15.4 Å². The Morgan fingerprint density at radius 2 is 0.964 bits per heavy atom. The number of halogens is 2. The Morgan fingerprint density at radius 3 is 1.39 bits per heavy atom. The highest BCUT2D eigenvalue weighted by atomic mass is 79.9. The Bertz CT molecular complexity index is 1060. The summed E-state index contributed by atoms with van der Waals surface area (Å²) >= 11 is 7.51. The minimum Gasteiger partial charge on any atom is -0.0623 e. The fourth-order valence-corrected chi connectivity index (χ4v) is 11.1. The first kappa shape index (κ1) is 18.1. The molecular weight excluding hydrogens is 488 g/mol. The first-order chi connectivity index (χ1) is 13.7. The van der Waals surface area contributed by atoms with E-state index < -0.39 is 8.07 Å². The van der Waals surface area contributed by atoms with Crippen LogP contribution in [0.4, 0.5) is 0 Å². The predicted octanol–water partition coefficient (Wildman–Crippen LogP) is 4.49. The molecule has 0 spiro atoms. The highest BCUT2D eigenvalue weighted by Crippen LogP contribution is 2.25. The smallest absolute Gasteiger partial charge is 0.0623 e. The van der Waals surface area contributed by atoms with E-state index in [4.69, 9.17) is 0 Å². The van der Waals surface area contributed by atoms with E-state index in [0.29, 0.717) is 0 Å². The summed E-state index contributed by atoms with van der Waals surface area (Å²) in [6.45, 7) is 0. The molecule has 0 radical (unpaired) electrons. The Labute approximate surface area is 183 Å². The summed E-state index contributed by atoms with van der Waals surface area (Å²) in [5.74, 6) is 0. The Hall–Kier alpha value is -1.94. The molecule has 3 heteroatoms. The highest BCUT2D eigenvalue weighted by molar-refractivity contribution is 9.10. The van der Waals surface area contributed by atoms with Gasteiger partial charge in [-0.25, -0.2) is 0 Å². The highest BCUT2D eigenvalue weighted by Gasteiger charge is 2.46. The molecule has 0 bridgehead atoms. The van der Waals surface area contributed by atoms with Crippen molar-refractivity contribution in [3.63, 3.8) is 0 Å². The van der Waals surface area contributed by atoms with Gasteiger partial charge in [-0.3, -0.25) is 0 Å². The maximum absolute atomic E-state index is 3.75. The summed E-state index contributed by atoms with van der Waals surface area (Å²) in [7, 11) is -2.40. The molecule has 4 aromatic rings. The molecule has 0 aromatic heterocycles. The third-order valence-electron chi connectivity index (χ3n) is 5.75. The normalized spacial score (nSPS) is 14.2. The lowest BCUT2D eigenvalue weighted by Gasteiger charge is -2.40. The molecular formula is C25H18Br2Si. The van der Waals surface area contributed by atoms with Gasteiger partial charge in [0.2, 0.25) is 0 Å². The average molecular weight is 506 g/mol. The van der Waals surface area contributed by atoms with Crippen LogP contribution < -0.4 is 20.7 Å². The van der Waals surface area contributed by atoms with Crippen molar-refractivity contribution >= 4 is 60.7 Å². The first-order valence-corrected chi connectivity index (χ1v) is 13.0. The van der Waals surface area contributed by atoms with Crippen LogP contribution in [0.25, 0.3) is 0 Å². The molecule has 0 saturated carbocycles. The molecule has 0 amide bonds. The van der Waals surface area contributed by atoms with Crippen molar-refractivity contribution in [1.29, 1.82) is 0 Å². The second kappa shape index (κ2) is 7.14. The van der Waals surface area contributed by atoms with E-state index in [-0.39, 0.29) is 0 Å². The minimum atomic E-state index is -2.40. The molecule has 136 valence electrons. The van der Waals surface area contributed by atoms with Crippen LogP contribution in [-0.2, 0) is 6.42 Å². The van der Waals surface area contributed by atoms with E-state index >= 15 is 0 Å². The lowest BCUT2D eigenvalue weighted by molar-refractivity contribution is 1.20. The average Bonchev–Trinajstić information content (AvgIpc) is 2.74. The Balaban J connectivity index is 1.99. The van der Waals surface area contributed by atoms with Gasteiger partial charge in [-0.2, -0.15) is 0 Å². The molecule has 5 rings (SSSR count). The van der Waals surface area contributed by atoms with Crippen LogP contribution in [0.1, 0.15) is 11.1 Å². The molecule has 0 saturated heterocycles. The molecule has 0 N–H and O–H groups in total. The Kier molecular flexibility index (Phi) is 4.62. The van der Waals surface area contributed by atoms with Gasteiger partial charge in [0.1, 0.15) is 0 Å². The van der Waals surface area contributed by atoms with Crippen LogP contribution in [0.3, 0.4) is 0 Å². The second-order valence-corrected chi connectivity index (χ2v) is 12.8. The standard InChI is InChI=1S/C25H18Br2Si/c26-20-13-11-18-15-19-12-14-21(27)17-25(19)28(24(18)16-20,22-7-3-1-4-8-22)23-9-5-2-6-10-23/h1-14,16-17H,15H2. The maximum atomic E-state index is 3.75. The molecule has 28 heavy (non-hydrogen) atoms. The van der Waals surface area contributed by atoms with Gasteiger partial charge in [-0.1, -0.05) is 105 Å². The topological polar surface area (TPSA) is 0 Å². The van der Waals surface area contributed by atoms with Gasteiger partial charge in [-0.15, -0.1) is 0 Å². The largest absolute Gasteiger partial charge is 0.180 e. The second-order valence-electron chi connectivity index (χ2n) is 7.26. The zero-order chi connectivity index (χ0) is 19.1. The van der Waals surface area contributed by atoms with Crippen molar-refractivity contribution in [2.24, 2.45) is 0 Å². The zero-order valence-electron chi connectivity index (χ0n) is 15.2. The first-order valence-electron chi connectivity index (χ1n) is 9.38. The van der Waals surface area contributed by atoms with E-state index in [1.165, 1.54) is 31.9 Å². The maximum Gasteiger partial charge on any atom is 0.180 e. The summed E-state index contributed by atoms with van der Waals surface area (Å²) in [6.07, 6.45) is 0.986. The van der Waals surface area contributed by atoms with Crippen LogP contribution in [0.5, 0.6) is 0 Å². The van der Waals surface area contributed by atoms with Crippen molar-refractivity contribution in [3.05, 3.63) is 117 Å². The fraction of sp³-hybridized carbons (Fsp3) is 0.0400. The number of fused-ring (bicyclic) bond motifs is 2. The van der Waals surface area contributed by atoms with Gasteiger partial charge in [0.05, 0.1) is 0 Å². The Morgan fingerprint density at radius 1 is 0.536 bits per heavy atom. The van der Waals surface area contributed by atoms with Crippen LogP contribution >= 0.6 is 31.9 Å². The molecule has 0 fully saturated rings. The molecule has 4 aromatic carbocycles. The zero-order valence-corrected chi connectivity index (χ0v) is 19.4. The van der Waals surface area contributed by atoms with Gasteiger partial charge in [0.25, 0.3) is 0 Å². The monoisotopic (exact) mass is 504 g/mol. The number of hydrogen-bond donors (Lipinski definition) is 0. The number of rotatable bonds is 2. The minimum absolute atomic E-state index is 0.986. The molecule has 1 heterocycles. The van der Waals surface area contributed by atoms with Gasteiger partial charge in [0.15, 0.2) is 8.07 Å². The van der Waals surface area contributed by atoms with Crippen molar-refractivity contribution < 1.29 is 0 Å². The third kappa shape index (κ3) is 2.76. The molecule has 0 unspecified atom stereocenters. The molecule has 1 aliphatic heterocycles. The lowest BCUT2D eigenvalue weighted by Crippen LogP contribution is -2.77. The van der Waals surface area contributed by atoms with Gasteiger partial charge < -0.3 is 0 Å². The van der Waals surface area contributed by atoms with Crippen LogP contribution in [0.15, 0.2) is 106 Å². The van der Waals surface area contributed by atoms with Crippen molar-refractivity contribution in [3.8, 4) is 0 Å². The van der Waals surface area contributed by atoms with Crippen LogP contribution in [0, 0.1) is 0 Å². The van der Waals surface area contributed by atoms with Crippen molar-refractivity contribution in [1.82, 2.24) is 0 Å². The molecule has 1 aliphatic rings. The molecule has 0 aliphatic carbocycles.